The summed E-state index contributed by atoms with van der Waals surface area (Å²) >= 11 is 0.990. The number of anilines is 2. The lowest BCUT2D eigenvalue weighted by Gasteiger charge is -2.07. The van der Waals surface area contributed by atoms with Gasteiger partial charge < -0.3 is 10.1 Å². The number of thiazole rings is 1. The predicted molar refractivity (Wildman–Crippen MR) is 89.8 cm³/mol. The number of carbonyl (C=O) groups is 1. The van der Waals surface area contributed by atoms with Crippen molar-refractivity contribution in [1.29, 1.82) is 0 Å². The molecule has 0 spiro atoms. The minimum Gasteiger partial charge on any atom is -0.494 e. The van der Waals surface area contributed by atoms with Gasteiger partial charge in [-0.3, -0.25) is 5.32 Å². The number of rotatable bonds is 4. The molecule has 24 heavy (non-hydrogen) atoms. The minimum atomic E-state index is -0.763. The second kappa shape index (κ2) is 6.79. The molecule has 2 amide bonds. The van der Waals surface area contributed by atoms with E-state index in [0.717, 1.165) is 17.4 Å². The van der Waals surface area contributed by atoms with E-state index >= 15 is 0 Å². The fraction of sp³-hybridized carbons (Fsp3) is 0.125. The van der Waals surface area contributed by atoms with Gasteiger partial charge in [0.1, 0.15) is 17.1 Å². The highest BCUT2D eigenvalue weighted by molar-refractivity contribution is 7.22. The number of amides is 2. The molecule has 0 bridgehead atoms. The molecule has 8 heteroatoms. The molecular weight excluding hydrogens is 336 g/mol. The van der Waals surface area contributed by atoms with Crippen molar-refractivity contribution in [3.05, 3.63) is 48.0 Å². The van der Waals surface area contributed by atoms with E-state index in [4.69, 9.17) is 4.74 Å². The predicted octanol–water partition coefficient (Wildman–Crippen LogP) is 4.62. The highest BCUT2D eigenvalue weighted by atomic mass is 32.1. The lowest BCUT2D eigenvalue weighted by atomic mass is 10.3. The first-order chi connectivity index (χ1) is 11.5. The van der Waals surface area contributed by atoms with Crippen LogP contribution in [-0.4, -0.2) is 17.6 Å². The van der Waals surface area contributed by atoms with Crippen LogP contribution in [0.4, 0.5) is 24.4 Å². The normalized spacial score (nSPS) is 10.6. The van der Waals surface area contributed by atoms with Crippen LogP contribution >= 0.6 is 11.3 Å². The van der Waals surface area contributed by atoms with Crippen molar-refractivity contribution >= 4 is 38.4 Å². The Morgan fingerprint density at radius 3 is 2.67 bits per heavy atom. The van der Waals surface area contributed by atoms with Gasteiger partial charge in [0.25, 0.3) is 0 Å². The largest absolute Gasteiger partial charge is 0.494 e. The summed E-state index contributed by atoms with van der Waals surface area (Å²) in [5, 5.41) is 5.31. The van der Waals surface area contributed by atoms with E-state index in [2.05, 4.69) is 15.6 Å². The Morgan fingerprint density at radius 1 is 1.21 bits per heavy atom. The van der Waals surface area contributed by atoms with Crippen molar-refractivity contribution in [2.45, 2.75) is 6.92 Å². The number of benzene rings is 2. The molecule has 0 radical (unpaired) electrons. The van der Waals surface area contributed by atoms with E-state index in [1.165, 1.54) is 6.07 Å². The van der Waals surface area contributed by atoms with Gasteiger partial charge in [0, 0.05) is 11.8 Å². The third-order valence-corrected chi connectivity index (χ3v) is 3.97. The number of urea groups is 1. The molecule has 0 atom stereocenters. The highest BCUT2D eigenvalue weighted by Gasteiger charge is 2.12. The summed E-state index contributed by atoms with van der Waals surface area (Å²) in [5.74, 6) is -0.748. The van der Waals surface area contributed by atoms with E-state index < -0.39 is 17.7 Å². The summed E-state index contributed by atoms with van der Waals surface area (Å²) in [7, 11) is 0. The van der Waals surface area contributed by atoms with Gasteiger partial charge in [-0.05, 0) is 37.3 Å². The minimum absolute atomic E-state index is 0.0257. The molecule has 2 N–H and O–H groups in total. The van der Waals surface area contributed by atoms with Crippen LogP contribution in [0, 0.1) is 11.6 Å². The fourth-order valence-electron chi connectivity index (χ4n) is 2.07. The third kappa shape index (κ3) is 3.60. The highest BCUT2D eigenvalue weighted by Crippen LogP contribution is 2.28. The number of carbonyl (C=O) groups excluding carboxylic acids is 1. The second-order valence-electron chi connectivity index (χ2n) is 4.79. The van der Waals surface area contributed by atoms with Crippen molar-refractivity contribution in [1.82, 2.24) is 4.98 Å². The zero-order chi connectivity index (χ0) is 17.1. The van der Waals surface area contributed by atoms with E-state index in [-0.39, 0.29) is 10.6 Å². The zero-order valence-electron chi connectivity index (χ0n) is 12.6. The van der Waals surface area contributed by atoms with Crippen molar-refractivity contribution in [2.24, 2.45) is 0 Å². The Bertz CT molecular complexity index is 881. The van der Waals surface area contributed by atoms with Crippen molar-refractivity contribution < 1.29 is 18.3 Å². The van der Waals surface area contributed by atoms with Gasteiger partial charge in [-0.25, -0.2) is 18.6 Å². The molecule has 0 saturated heterocycles. The van der Waals surface area contributed by atoms with Gasteiger partial charge in [0.05, 0.1) is 11.3 Å². The maximum Gasteiger partial charge on any atom is 0.325 e. The van der Waals surface area contributed by atoms with Crippen LogP contribution in [0.25, 0.3) is 10.2 Å². The Balaban J connectivity index is 1.69. The van der Waals surface area contributed by atoms with Crippen LogP contribution in [0.5, 0.6) is 5.75 Å². The molecule has 2 aromatic carbocycles. The van der Waals surface area contributed by atoms with Crippen LogP contribution in [-0.2, 0) is 0 Å². The molecule has 3 aromatic rings. The first kappa shape index (κ1) is 16.1. The smallest absolute Gasteiger partial charge is 0.325 e. The lowest BCUT2D eigenvalue weighted by molar-refractivity contribution is 0.262. The monoisotopic (exact) mass is 349 g/mol. The topological polar surface area (TPSA) is 63.2 Å². The number of ether oxygens (including phenoxy) is 1. The molecule has 1 heterocycles. The fourth-order valence-corrected chi connectivity index (χ4v) is 2.97. The average Bonchev–Trinajstić information content (AvgIpc) is 2.92. The van der Waals surface area contributed by atoms with Crippen LogP contribution in [0.3, 0.4) is 0 Å². The molecule has 0 unspecified atom stereocenters. The Kier molecular flexibility index (Phi) is 4.57. The summed E-state index contributed by atoms with van der Waals surface area (Å²) in [5.41, 5.74) is 0.590. The molecule has 0 aliphatic carbocycles. The van der Waals surface area contributed by atoms with Gasteiger partial charge in [-0.1, -0.05) is 11.3 Å². The van der Waals surface area contributed by atoms with E-state index in [9.17, 15) is 13.6 Å². The number of halogens is 2. The van der Waals surface area contributed by atoms with Crippen LogP contribution in [0.1, 0.15) is 6.92 Å². The van der Waals surface area contributed by atoms with E-state index in [1.54, 1.807) is 24.3 Å². The van der Waals surface area contributed by atoms with Crippen LogP contribution in [0.2, 0.25) is 0 Å². The number of fused-ring (bicyclic) bond motifs is 1. The summed E-state index contributed by atoms with van der Waals surface area (Å²) in [4.78, 5) is 15.9. The van der Waals surface area contributed by atoms with E-state index in [0.29, 0.717) is 22.7 Å². The summed E-state index contributed by atoms with van der Waals surface area (Å²) in [6, 6.07) is 8.25. The van der Waals surface area contributed by atoms with Gasteiger partial charge in [-0.15, -0.1) is 0 Å². The lowest BCUT2D eigenvalue weighted by Crippen LogP contribution is -2.19. The van der Waals surface area contributed by atoms with Gasteiger partial charge in [-0.2, -0.15) is 0 Å². The van der Waals surface area contributed by atoms with Crippen LogP contribution < -0.4 is 15.4 Å². The summed E-state index contributed by atoms with van der Waals surface area (Å²) < 4.78 is 32.4. The van der Waals surface area contributed by atoms with Gasteiger partial charge >= 0.3 is 6.03 Å². The summed E-state index contributed by atoms with van der Waals surface area (Å²) in [6.07, 6.45) is 0. The Hall–Kier alpha value is -2.74. The second-order valence-corrected chi connectivity index (χ2v) is 5.82. The standard InChI is InChI=1S/C16H13F2N3O2S/c1-2-23-11-5-3-10(4-6-11)19-15(22)21-16-20-14-12(18)7-9(17)8-13(14)24-16/h3-8H,2H2,1H3,(H2,19,20,21,22). The molecule has 5 nitrogen and oxygen atoms in total. The molecule has 3 rings (SSSR count). The number of aromatic nitrogens is 1. The van der Waals surface area contributed by atoms with Crippen molar-refractivity contribution in [3.63, 3.8) is 0 Å². The van der Waals surface area contributed by atoms with Gasteiger partial charge in [0.15, 0.2) is 10.9 Å². The number of hydrogen-bond acceptors (Lipinski definition) is 4. The maximum absolute atomic E-state index is 13.6. The maximum atomic E-state index is 13.6. The van der Waals surface area contributed by atoms with Crippen LogP contribution in [0.15, 0.2) is 36.4 Å². The molecule has 124 valence electrons. The van der Waals surface area contributed by atoms with Crippen molar-refractivity contribution in [3.8, 4) is 5.75 Å². The number of nitrogens with one attached hydrogen (secondary N) is 2. The SMILES string of the molecule is CCOc1ccc(NC(=O)Nc2nc3c(F)cc(F)cc3s2)cc1. The molecule has 0 aliphatic heterocycles. The molecule has 0 fully saturated rings. The Labute approximate surface area is 140 Å². The van der Waals surface area contributed by atoms with Crippen molar-refractivity contribution in [2.75, 3.05) is 17.2 Å². The van der Waals surface area contributed by atoms with Gasteiger partial charge in [0.2, 0.25) is 0 Å². The summed E-state index contributed by atoms with van der Waals surface area (Å²) in [6.45, 7) is 2.44. The molecule has 1 aromatic heterocycles. The number of nitrogens with zero attached hydrogens (tertiary/aromatic N) is 1. The first-order valence-electron chi connectivity index (χ1n) is 7.11. The Morgan fingerprint density at radius 2 is 1.96 bits per heavy atom. The molecule has 0 saturated carbocycles. The molecule has 0 aliphatic rings. The first-order valence-corrected chi connectivity index (χ1v) is 7.93. The number of hydrogen-bond donors (Lipinski definition) is 2. The quantitative estimate of drug-likeness (QED) is 0.722. The molecular formula is C16H13F2N3O2S. The average molecular weight is 349 g/mol. The zero-order valence-corrected chi connectivity index (χ0v) is 13.4. The van der Waals surface area contributed by atoms with E-state index in [1.807, 2.05) is 6.92 Å². The third-order valence-electron chi connectivity index (χ3n) is 3.06.